The summed E-state index contributed by atoms with van der Waals surface area (Å²) in [6, 6.07) is 29.6. The van der Waals surface area contributed by atoms with E-state index in [4.69, 9.17) is 4.74 Å². The van der Waals surface area contributed by atoms with Crippen LogP contribution < -0.4 is 4.74 Å². The van der Waals surface area contributed by atoms with E-state index in [1.54, 1.807) is 7.11 Å². The van der Waals surface area contributed by atoms with E-state index in [9.17, 15) is 4.79 Å². The van der Waals surface area contributed by atoms with E-state index in [1.165, 1.54) is 16.7 Å². The molecule has 4 heteroatoms. The summed E-state index contributed by atoms with van der Waals surface area (Å²) in [4.78, 5) is 15.1. The standard InChI is InChI=1S/C28H31NO2S/c1-22(27(30)29-19-9-10-20-29)21-32-28(23-11-5-3-6-12-23,24-13-7-4-8-14-24)25-15-17-26(31-2)18-16-25/h3-8,11-18,22H,9-10,19-21H2,1-2H3. The lowest BCUT2D eigenvalue weighted by molar-refractivity contribution is -0.133. The molecule has 1 unspecified atom stereocenters. The number of benzene rings is 3. The molecule has 3 aromatic carbocycles. The first kappa shape index (κ1) is 22.5. The number of likely N-dealkylation sites (tertiary alicyclic amines) is 1. The molecule has 0 radical (unpaired) electrons. The van der Waals surface area contributed by atoms with Crippen molar-refractivity contribution in [3.63, 3.8) is 0 Å². The summed E-state index contributed by atoms with van der Waals surface area (Å²) in [5, 5.41) is 0. The van der Waals surface area contributed by atoms with Crippen molar-refractivity contribution < 1.29 is 9.53 Å². The highest BCUT2D eigenvalue weighted by Gasteiger charge is 2.38. The van der Waals surface area contributed by atoms with Crippen LogP contribution in [0.15, 0.2) is 84.9 Å². The molecule has 0 bridgehead atoms. The van der Waals surface area contributed by atoms with Crippen molar-refractivity contribution in [3.05, 3.63) is 102 Å². The molecule has 1 aliphatic rings. The Balaban J connectivity index is 1.76. The van der Waals surface area contributed by atoms with Crippen LogP contribution in [0, 0.1) is 5.92 Å². The highest BCUT2D eigenvalue weighted by Crippen LogP contribution is 2.49. The van der Waals surface area contributed by atoms with Crippen molar-refractivity contribution >= 4 is 17.7 Å². The Morgan fingerprint density at radius 2 is 1.38 bits per heavy atom. The topological polar surface area (TPSA) is 29.5 Å². The van der Waals surface area contributed by atoms with Gasteiger partial charge in [-0.2, -0.15) is 0 Å². The molecule has 3 nitrogen and oxygen atoms in total. The average molecular weight is 446 g/mol. The molecule has 3 aromatic rings. The number of hydrogen-bond acceptors (Lipinski definition) is 3. The highest BCUT2D eigenvalue weighted by molar-refractivity contribution is 8.00. The summed E-state index contributed by atoms with van der Waals surface area (Å²) < 4.78 is 5.00. The first-order valence-electron chi connectivity index (χ1n) is 11.3. The summed E-state index contributed by atoms with van der Waals surface area (Å²) in [5.41, 5.74) is 3.60. The van der Waals surface area contributed by atoms with E-state index >= 15 is 0 Å². The van der Waals surface area contributed by atoms with Crippen molar-refractivity contribution in [1.82, 2.24) is 4.90 Å². The summed E-state index contributed by atoms with van der Waals surface area (Å²) in [7, 11) is 1.69. The van der Waals surface area contributed by atoms with Gasteiger partial charge in [0.2, 0.25) is 5.91 Å². The summed E-state index contributed by atoms with van der Waals surface area (Å²) >= 11 is 1.85. The van der Waals surface area contributed by atoms with E-state index in [-0.39, 0.29) is 11.8 Å². The zero-order valence-electron chi connectivity index (χ0n) is 18.9. The normalized spacial score (nSPS) is 14.9. The number of methoxy groups -OCH3 is 1. The monoisotopic (exact) mass is 445 g/mol. The molecule has 0 spiro atoms. The summed E-state index contributed by atoms with van der Waals surface area (Å²) in [6.45, 7) is 3.87. The third-order valence-electron chi connectivity index (χ3n) is 6.25. The summed E-state index contributed by atoms with van der Waals surface area (Å²) in [5.74, 6) is 1.82. The van der Waals surface area contributed by atoms with Gasteiger partial charge in [-0.15, -0.1) is 11.8 Å². The van der Waals surface area contributed by atoms with E-state index in [0.29, 0.717) is 0 Å². The van der Waals surface area contributed by atoms with E-state index in [2.05, 4.69) is 79.7 Å². The Morgan fingerprint density at radius 1 is 0.875 bits per heavy atom. The zero-order valence-corrected chi connectivity index (χ0v) is 19.7. The van der Waals surface area contributed by atoms with Crippen molar-refractivity contribution in [2.24, 2.45) is 5.92 Å². The fourth-order valence-corrected chi connectivity index (χ4v) is 6.04. The molecule has 1 saturated heterocycles. The minimum absolute atomic E-state index is 0.0388. The van der Waals surface area contributed by atoms with Crippen molar-refractivity contribution in [2.75, 3.05) is 26.0 Å². The maximum atomic E-state index is 13.1. The van der Waals surface area contributed by atoms with E-state index in [1.807, 2.05) is 28.8 Å². The molecule has 32 heavy (non-hydrogen) atoms. The van der Waals surface area contributed by atoms with Gasteiger partial charge in [0.15, 0.2) is 0 Å². The number of ether oxygens (including phenoxy) is 1. The van der Waals surface area contributed by atoms with Gasteiger partial charge in [0.25, 0.3) is 0 Å². The molecule has 1 atom stereocenters. The van der Waals surface area contributed by atoms with Crippen LogP contribution in [0.2, 0.25) is 0 Å². The van der Waals surface area contributed by atoms with Crippen LogP contribution in [0.3, 0.4) is 0 Å². The number of carbonyl (C=O) groups is 1. The lowest BCUT2D eigenvalue weighted by Crippen LogP contribution is -2.35. The predicted molar refractivity (Wildman–Crippen MR) is 133 cm³/mol. The van der Waals surface area contributed by atoms with Crippen LogP contribution in [0.25, 0.3) is 0 Å². The first-order valence-corrected chi connectivity index (χ1v) is 12.3. The van der Waals surface area contributed by atoms with Crippen molar-refractivity contribution in [3.8, 4) is 5.75 Å². The Kier molecular flexibility index (Phi) is 7.21. The quantitative estimate of drug-likeness (QED) is 0.400. The first-order chi connectivity index (χ1) is 15.6. The number of carbonyl (C=O) groups excluding carboxylic acids is 1. The zero-order chi connectivity index (χ0) is 22.4. The minimum atomic E-state index is -0.422. The maximum absolute atomic E-state index is 13.1. The smallest absolute Gasteiger partial charge is 0.226 e. The molecule has 0 aromatic heterocycles. The molecule has 4 rings (SSSR count). The van der Waals surface area contributed by atoms with E-state index in [0.717, 1.165) is 37.4 Å². The van der Waals surface area contributed by atoms with Crippen molar-refractivity contribution in [2.45, 2.75) is 24.5 Å². The Labute approximate surface area is 195 Å². The average Bonchev–Trinajstić information content (AvgIpc) is 3.40. The van der Waals surface area contributed by atoms with Crippen LogP contribution in [0.1, 0.15) is 36.5 Å². The second kappa shape index (κ2) is 10.3. The largest absolute Gasteiger partial charge is 0.497 e. The number of thioether (sulfide) groups is 1. The minimum Gasteiger partial charge on any atom is -0.497 e. The lowest BCUT2D eigenvalue weighted by Gasteiger charge is -2.36. The second-order valence-electron chi connectivity index (χ2n) is 8.39. The molecule has 1 aliphatic heterocycles. The molecular formula is C28H31NO2S. The van der Waals surface area contributed by atoms with Gasteiger partial charge in [-0.3, -0.25) is 4.79 Å². The fourth-order valence-electron chi connectivity index (χ4n) is 4.49. The number of rotatable bonds is 8. The lowest BCUT2D eigenvalue weighted by atomic mass is 9.84. The van der Waals surface area contributed by atoms with Crippen LogP contribution in [0.5, 0.6) is 5.75 Å². The van der Waals surface area contributed by atoms with Crippen LogP contribution in [0.4, 0.5) is 0 Å². The van der Waals surface area contributed by atoms with E-state index < -0.39 is 4.75 Å². The van der Waals surface area contributed by atoms with Gasteiger partial charge in [0.05, 0.1) is 11.9 Å². The Bertz CT molecular complexity index is 959. The van der Waals surface area contributed by atoms with Gasteiger partial charge in [0.1, 0.15) is 5.75 Å². The van der Waals surface area contributed by atoms with Gasteiger partial charge < -0.3 is 9.64 Å². The highest BCUT2D eigenvalue weighted by atomic mass is 32.2. The third-order valence-corrected chi connectivity index (χ3v) is 8.05. The summed E-state index contributed by atoms with van der Waals surface area (Å²) in [6.07, 6.45) is 2.24. The molecule has 0 N–H and O–H groups in total. The Hall–Kier alpha value is -2.72. The van der Waals surface area contributed by atoms with Crippen LogP contribution in [-0.4, -0.2) is 36.8 Å². The second-order valence-corrected chi connectivity index (χ2v) is 9.62. The SMILES string of the molecule is COc1ccc(C(SCC(C)C(=O)N2CCCC2)(c2ccccc2)c2ccccc2)cc1. The van der Waals surface area contributed by atoms with Gasteiger partial charge in [-0.1, -0.05) is 79.7 Å². The number of hydrogen-bond donors (Lipinski definition) is 0. The molecule has 166 valence electrons. The van der Waals surface area contributed by atoms with Gasteiger partial charge in [0, 0.05) is 24.8 Å². The molecule has 0 saturated carbocycles. The molecule has 1 amide bonds. The van der Waals surface area contributed by atoms with Gasteiger partial charge in [-0.25, -0.2) is 0 Å². The van der Waals surface area contributed by atoms with Crippen LogP contribution >= 0.6 is 11.8 Å². The molecule has 1 heterocycles. The molecule has 0 aliphatic carbocycles. The predicted octanol–water partition coefficient (Wildman–Crippen LogP) is 5.98. The molecular weight excluding hydrogens is 414 g/mol. The van der Waals surface area contributed by atoms with Crippen molar-refractivity contribution in [1.29, 1.82) is 0 Å². The molecule has 1 fully saturated rings. The Morgan fingerprint density at radius 3 is 1.88 bits per heavy atom. The fraction of sp³-hybridized carbons (Fsp3) is 0.321. The number of nitrogens with zero attached hydrogens (tertiary/aromatic N) is 1. The third kappa shape index (κ3) is 4.56. The number of amides is 1. The van der Waals surface area contributed by atoms with Crippen LogP contribution in [-0.2, 0) is 9.54 Å². The van der Waals surface area contributed by atoms with Gasteiger partial charge >= 0.3 is 0 Å². The van der Waals surface area contributed by atoms with Gasteiger partial charge in [-0.05, 0) is 41.7 Å². The maximum Gasteiger partial charge on any atom is 0.226 e.